The Morgan fingerprint density at radius 3 is 2.60 bits per heavy atom. The molecular weight excluding hydrogens is 217 g/mol. The van der Waals surface area contributed by atoms with Crippen molar-refractivity contribution in [3.8, 4) is 0 Å². The molecule has 0 fully saturated rings. The Hall–Kier alpha value is 0.240. The molecule has 0 rings (SSSR count). The Balaban J connectivity index is 3.21. The van der Waals surface area contributed by atoms with Crippen molar-refractivity contribution in [2.45, 2.75) is 24.1 Å². The van der Waals surface area contributed by atoms with Crippen LogP contribution in [0, 0.1) is 0 Å². The third kappa shape index (κ3) is 5.06. The zero-order valence-corrected chi connectivity index (χ0v) is 7.99. The van der Waals surface area contributed by atoms with Crippen molar-refractivity contribution >= 4 is 33.4 Å². The summed E-state index contributed by atoms with van der Waals surface area (Å²) < 4.78 is 0. The predicted molar refractivity (Wildman–Crippen MR) is 46.5 cm³/mol. The maximum absolute atomic E-state index is 10.4. The fourth-order valence-electron chi connectivity index (χ4n) is 0.560. The van der Waals surface area contributed by atoms with Gasteiger partial charge in [-0.1, -0.05) is 22.4 Å². The van der Waals surface area contributed by atoms with Gasteiger partial charge in [-0.2, -0.15) is 0 Å². The van der Waals surface area contributed by atoms with E-state index in [1.807, 2.05) is 0 Å². The van der Waals surface area contributed by atoms with Crippen LogP contribution in [0.1, 0.15) is 19.3 Å². The zero-order valence-electron chi connectivity index (χ0n) is 5.65. The van der Waals surface area contributed by atoms with E-state index in [2.05, 4.69) is 15.9 Å². The first-order chi connectivity index (χ1) is 4.68. The summed E-state index contributed by atoms with van der Waals surface area (Å²) in [5, 5.41) is 0. The number of carbonyl (C=O) groups excluding carboxylic acids is 1. The quantitative estimate of drug-likeness (QED) is 0.564. The number of hydrogen-bond donors (Lipinski definition) is 1. The molecule has 2 nitrogen and oxygen atoms in total. The van der Waals surface area contributed by atoms with E-state index < -0.39 is 0 Å². The third-order valence-corrected chi connectivity index (χ3v) is 2.33. The molecule has 60 valence electrons. The average Bonchev–Trinajstić information content (AvgIpc) is 1.88. The average molecular weight is 229 g/mol. The van der Waals surface area contributed by atoms with E-state index in [0.29, 0.717) is 5.88 Å². The van der Waals surface area contributed by atoms with Gasteiger partial charge in [0.15, 0.2) is 0 Å². The molecule has 0 aromatic carbocycles. The second-order valence-corrected chi connectivity index (χ2v) is 3.54. The summed E-state index contributed by atoms with van der Waals surface area (Å²) in [4.78, 5) is 10.3. The summed E-state index contributed by atoms with van der Waals surface area (Å²) >= 11 is 8.59. The Labute approximate surface area is 74.2 Å². The molecule has 10 heavy (non-hydrogen) atoms. The molecule has 1 unspecified atom stereocenters. The highest BCUT2D eigenvalue weighted by Crippen LogP contribution is 2.09. The molecule has 0 saturated carbocycles. The van der Waals surface area contributed by atoms with Gasteiger partial charge in [-0.05, 0) is 12.8 Å². The first-order valence-electron chi connectivity index (χ1n) is 3.18. The molecule has 0 spiro atoms. The summed E-state index contributed by atoms with van der Waals surface area (Å²) in [6.07, 6.45) is 2.67. The monoisotopic (exact) mass is 227 g/mol. The number of primary amides is 1. The molecule has 0 heterocycles. The Morgan fingerprint density at radius 2 is 2.20 bits per heavy atom. The molecule has 0 aliphatic heterocycles. The maximum Gasteiger partial charge on any atom is 0.231 e. The van der Waals surface area contributed by atoms with E-state index in [-0.39, 0.29) is 10.7 Å². The van der Waals surface area contributed by atoms with Crippen LogP contribution in [0.25, 0.3) is 0 Å². The van der Waals surface area contributed by atoms with Crippen LogP contribution in [0.2, 0.25) is 0 Å². The molecule has 0 bridgehead atoms. The number of alkyl halides is 2. The minimum absolute atomic E-state index is 0.185. The van der Waals surface area contributed by atoms with Crippen molar-refractivity contribution in [3.05, 3.63) is 0 Å². The van der Waals surface area contributed by atoms with Crippen LogP contribution in [-0.4, -0.2) is 16.6 Å². The number of hydrogen-bond acceptors (Lipinski definition) is 1. The summed E-state index contributed by atoms with van der Waals surface area (Å²) in [6.45, 7) is 0. The van der Waals surface area contributed by atoms with Gasteiger partial charge in [0.1, 0.15) is 0 Å². The highest BCUT2D eigenvalue weighted by molar-refractivity contribution is 9.10. The molecule has 0 aliphatic carbocycles. The molecule has 1 atom stereocenters. The molecule has 0 aromatic heterocycles. The highest BCUT2D eigenvalue weighted by atomic mass is 79.9. The lowest BCUT2D eigenvalue weighted by atomic mass is 10.2. The van der Waals surface area contributed by atoms with E-state index in [9.17, 15) is 4.79 Å². The molecule has 0 radical (unpaired) electrons. The van der Waals surface area contributed by atoms with Gasteiger partial charge in [0.25, 0.3) is 0 Å². The number of nitrogens with two attached hydrogens (primary N) is 1. The molecular formula is C6H11BrClNO. The van der Waals surface area contributed by atoms with Gasteiger partial charge in [0.2, 0.25) is 5.91 Å². The van der Waals surface area contributed by atoms with E-state index in [1.54, 1.807) is 0 Å². The maximum atomic E-state index is 10.4. The van der Waals surface area contributed by atoms with Crippen molar-refractivity contribution in [1.82, 2.24) is 0 Å². The van der Waals surface area contributed by atoms with Crippen molar-refractivity contribution in [2.75, 3.05) is 5.88 Å². The zero-order chi connectivity index (χ0) is 7.98. The van der Waals surface area contributed by atoms with Gasteiger partial charge >= 0.3 is 0 Å². The first-order valence-corrected chi connectivity index (χ1v) is 4.63. The lowest BCUT2D eigenvalue weighted by Gasteiger charge is -2.02. The van der Waals surface area contributed by atoms with Gasteiger partial charge < -0.3 is 5.73 Å². The van der Waals surface area contributed by atoms with Crippen molar-refractivity contribution in [3.63, 3.8) is 0 Å². The highest BCUT2D eigenvalue weighted by Gasteiger charge is 2.08. The van der Waals surface area contributed by atoms with Crippen molar-refractivity contribution in [1.29, 1.82) is 0 Å². The smallest absolute Gasteiger partial charge is 0.231 e. The van der Waals surface area contributed by atoms with E-state index in [1.165, 1.54) is 0 Å². The fourth-order valence-corrected chi connectivity index (χ4v) is 1.07. The lowest BCUT2D eigenvalue weighted by Crippen LogP contribution is -2.22. The van der Waals surface area contributed by atoms with E-state index in [0.717, 1.165) is 19.3 Å². The standard InChI is InChI=1S/C6H11BrClNO/c7-5(6(9)10)3-1-2-4-8/h5H,1-4H2,(H2,9,10). The second-order valence-electron chi connectivity index (χ2n) is 2.05. The van der Waals surface area contributed by atoms with Crippen LogP contribution in [0.3, 0.4) is 0 Å². The van der Waals surface area contributed by atoms with E-state index >= 15 is 0 Å². The largest absolute Gasteiger partial charge is 0.369 e. The summed E-state index contributed by atoms with van der Waals surface area (Å²) in [5.41, 5.74) is 5.00. The van der Waals surface area contributed by atoms with Gasteiger partial charge in [0.05, 0.1) is 4.83 Å². The summed E-state index contributed by atoms with van der Waals surface area (Å²) in [5.74, 6) is 0.355. The third-order valence-electron chi connectivity index (χ3n) is 1.15. The Kier molecular flexibility index (Phi) is 6.13. The van der Waals surface area contributed by atoms with Crippen molar-refractivity contribution in [2.24, 2.45) is 5.73 Å². The number of halogens is 2. The molecule has 4 heteroatoms. The van der Waals surface area contributed by atoms with Crippen LogP contribution < -0.4 is 5.73 Å². The molecule has 2 N–H and O–H groups in total. The first kappa shape index (κ1) is 10.2. The SMILES string of the molecule is NC(=O)C(Br)CCCCCl. The van der Waals surface area contributed by atoms with Gasteiger partial charge in [0, 0.05) is 5.88 Å². The molecule has 1 amide bonds. The molecule has 0 aliphatic rings. The fraction of sp³-hybridized carbons (Fsp3) is 0.833. The predicted octanol–water partition coefficient (Wildman–Crippen LogP) is 1.64. The van der Waals surface area contributed by atoms with Gasteiger partial charge in [-0.25, -0.2) is 0 Å². The topological polar surface area (TPSA) is 43.1 Å². The van der Waals surface area contributed by atoms with Crippen LogP contribution in [0.15, 0.2) is 0 Å². The van der Waals surface area contributed by atoms with E-state index in [4.69, 9.17) is 17.3 Å². The number of carbonyl (C=O) groups is 1. The van der Waals surface area contributed by atoms with Gasteiger partial charge in [-0.3, -0.25) is 4.79 Å². The Morgan fingerprint density at radius 1 is 1.60 bits per heavy atom. The molecule has 0 aromatic rings. The molecule has 0 saturated heterocycles. The second kappa shape index (κ2) is 5.98. The van der Waals surface area contributed by atoms with Crippen LogP contribution in [0.4, 0.5) is 0 Å². The van der Waals surface area contributed by atoms with Gasteiger partial charge in [-0.15, -0.1) is 11.6 Å². The van der Waals surface area contributed by atoms with Crippen molar-refractivity contribution < 1.29 is 4.79 Å². The lowest BCUT2D eigenvalue weighted by molar-refractivity contribution is -0.117. The normalized spacial score (nSPS) is 13.0. The van der Waals surface area contributed by atoms with Crippen LogP contribution in [-0.2, 0) is 4.79 Å². The number of unbranched alkanes of at least 4 members (excludes halogenated alkanes) is 1. The Bertz CT molecular complexity index is 110. The minimum Gasteiger partial charge on any atom is -0.369 e. The van der Waals surface area contributed by atoms with Crippen LogP contribution >= 0.6 is 27.5 Å². The number of rotatable bonds is 5. The summed E-state index contributed by atoms with van der Waals surface area (Å²) in [7, 11) is 0. The summed E-state index contributed by atoms with van der Waals surface area (Å²) in [6, 6.07) is 0. The minimum atomic E-state index is -0.297. The number of amides is 1. The van der Waals surface area contributed by atoms with Crippen LogP contribution in [0.5, 0.6) is 0 Å².